The van der Waals surface area contributed by atoms with Crippen molar-refractivity contribution in [2.45, 2.75) is 24.9 Å². The average Bonchev–Trinajstić information content (AvgIpc) is 2.37. The molecule has 2 nitrogen and oxygen atoms in total. The van der Waals surface area contributed by atoms with Gasteiger partial charge in [-0.25, -0.2) is 4.98 Å². The van der Waals surface area contributed by atoms with E-state index in [2.05, 4.69) is 20.9 Å². The number of piperidine rings is 1. The standard InChI is InChI=1S/C12H13BrClF3N2/c13-10-4-8(5-14)11(18-6-10)19-3-1-2-9(7-19)12(15,16)17/h4,6,9H,1-3,5,7H2. The molecule has 1 aromatic heterocycles. The molecule has 0 N–H and O–H groups in total. The topological polar surface area (TPSA) is 16.1 Å². The number of halogens is 5. The lowest BCUT2D eigenvalue weighted by Crippen LogP contribution is -2.42. The van der Waals surface area contributed by atoms with Gasteiger partial charge in [0.2, 0.25) is 0 Å². The van der Waals surface area contributed by atoms with Crippen molar-refractivity contribution in [3.8, 4) is 0 Å². The first-order valence-electron chi connectivity index (χ1n) is 5.94. The van der Waals surface area contributed by atoms with E-state index in [1.54, 1.807) is 17.2 Å². The van der Waals surface area contributed by atoms with Crippen molar-refractivity contribution >= 4 is 33.3 Å². The van der Waals surface area contributed by atoms with Gasteiger partial charge in [0.15, 0.2) is 0 Å². The molecule has 0 spiro atoms. The number of hydrogen-bond donors (Lipinski definition) is 0. The van der Waals surface area contributed by atoms with Gasteiger partial charge in [-0.05, 0) is 34.8 Å². The van der Waals surface area contributed by atoms with Gasteiger partial charge in [-0.3, -0.25) is 0 Å². The minimum absolute atomic E-state index is 0.0397. The van der Waals surface area contributed by atoms with Gasteiger partial charge in [0.05, 0.1) is 11.8 Å². The normalized spacial score (nSPS) is 20.7. The Morgan fingerprint density at radius 1 is 1.47 bits per heavy atom. The van der Waals surface area contributed by atoms with Crippen LogP contribution in [0.15, 0.2) is 16.7 Å². The maximum Gasteiger partial charge on any atom is 0.393 e. The van der Waals surface area contributed by atoms with Crippen molar-refractivity contribution in [2.24, 2.45) is 5.92 Å². The second kappa shape index (κ2) is 5.87. The zero-order valence-electron chi connectivity index (χ0n) is 10.1. The van der Waals surface area contributed by atoms with Crippen molar-refractivity contribution in [3.63, 3.8) is 0 Å². The molecule has 0 aromatic carbocycles. The number of aromatic nitrogens is 1. The molecule has 1 aromatic rings. The van der Waals surface area contributed by atoms with Gasteiger partial charge in [0.25, 0.3) is 0 Å². The summed E-state index contributed by atoms with van der Waals surface area (Å²) in [5, 5.41) is 0. The van der Waals surface area contributed by atoms with Crippen molar-refractivity contribution in [2.75, 3.05) is 18.0 Å². The van der Waals surface area contributed by atoms with E-state index in [9.17, 15) is 13.2 Å². The maximum absolute atomic E-state index is 12.8. The Balaban J connectivity index is 2.22. The molecule has 1 saturated heterocycles. The minimum atomic E-state index is -4.14. The molecule has 19 heavy (non-hydrogen) atoms. The van der Waals surface area contributed by atoms with E-state index in [0.717, 1.165) is 10.0 Å². The largest absolute Gasteiger partial charge is 0.393 e. The van der Waals surface area contributed by atoms with E-state index < -0.39 is 12.1 Å². The lowest BCUT2D eigenvalue weighted by Gasteiger charge is -2.35. The van der Waals surface area contributed by atoms with Gasteiger partial charge in [0.1, 0.15) is 5.82 Å². The highest BCUT2D eigenvalue weighted by molar-refractivity contribution is 9.10. The number of alkyl halides is 4. The third kappa shape index (κ3) is 3.54. The summed E-state index contributed by atoms with van der Waals surface area (Å²) in [4.78, 5) is 5.90. The van der Waals surface area contributed by atoms with E-state index in [1.807, 2.05) is 0 Å². The van der Waals surface area contributed by atoms with Crippen LogP contribution in [0.3, 0.4) is 0 Å². The van der Waals surface area contributed by atoms with Crippen LogP contribution in [-0.2, 0) is 5.88 Å². The summed E-state index contributed by atoms with van der Waals surface area (Å²) in [5.41, 5.74) is 0.749. The van der Waals surface area contributed by atoms with Crippen LogP contribution in [0.2, 0.25) is 0 Å². The molecule has 2 rings (SSSR count). The molecule has 1 fully saturated rings. The summed E-state index contributed by atoms with van der Waals surface area (Å²) < 4.78 is 39.2. The average molecular weight is 358 g/mol. The van der Waals surface area contributed by atoms with Crippen LogP contribution in [0, 0.1) is 5.92 Å². The molecular weight excluding hydrogens is 344 g/mol. The van der Waals surface area contributed by atoms with Gasteiger partial charge in [-0.15, -0.1) is 11.6 Å². The van der Waals surface area contributed by atoms with E-state index in [0.29, 0.717) is 18.8 Å². The van der Waals surface area contributed by atoms with Crippen LogP contribution < -0.4 is 4.90 Å². The lowest BCUT2D eigenvalue weighted by molar-refractivity contribution is -0.176. The lowest BCUT2D eigenvalue weighted by atomic mass is 9.97. The highest BCUT2D eigenvalue weighted by Crippen LogP contribution is 2.35. The Morgan fingerprint density at radius 2 is 2.21 bits per heavy atom. The fraction of sp³-hybridized carbons (Fsp3) is 0.583. The SMILES string of the molecule is FC(F)(F)C1CCCN(c2ncc(Br)cc2CCl)C1. The smallest absolute Gasteiger partial charge is 0.356 e. The van der Waals surface area contributed by atoms with E-state index in [1.165, 1.54) is 0 Å². The summed E-state index contributed by atoms with van der Waals surface area (Å²) in [5.74, 6) is -0.489. The van der Waals surface area contributed by atoms with Crippen LogP contribution in [0.5, 0.6) is 0 Å². The molecule has 1 aliphatic rings. The number of hydrogen-bond acceptors (Lipinski definition) is 2. The van der Waals surface area contributed by atoms with E-state index >= 15 is 0 Å². The van der Waals surface area contributed by atoms with Crippen molar-refractivity contribution in [3.05, 3.63) is 22.3 Å². The molecular formula is C12H13BrClF3N2. The molecule has 1 atom stereocenters. The van der Waals surface area contributed by atoms with Crippen molar-refractivity contribution < 1.29 is 13.2 Å². The Bertz CT molecular complexity index is 453. The molecule has 106 valence electrons. The molecule has 0 saturated carbocycles. The predicted octanol–water partition coefficient (Wildman–Crippen LogP) is 4.36. The molecule has 1 aliphatic heterocycles. The van der Waals surface area contributed by atoms with Gasteiger partial charge < -0.3 is 4.90 Å². The number of nitrogens with zero attached hydrogens (tertiary/aromatic N) is 2. The highest BCUT2D eigenvalue weighted by atomic mass is 79.9. The highest BCUT2D eigenvalue weighted by Gasteiger charge is 2.42. The number of rotatable bonds is 2. The number of pyridine rings is 1. The van der Waals surface area contributed by atoms with Crippen LogP contribution in [-0.4, -0.2) is 24.2 Å². The summed E-state index contributed by atoms with van der Waals surface area (Å²) in [6.07, 6.45) is -1.85. The van der Waals surface area contributed by atoms with Gasteiger partial charge >= 0.3 is 6.18 Å². The molecule has 0 amide bonds. The molecule has 0 bridgehead atoms. The molecule has 1 unspecified atom stereocenters. The van der Waals surface area contributed by atoms with Gasteiger partial charge in [0, 0.05) is 29.3 Å². The van der Waals surface area contributed by atoms with Crippen molar-refractivity contribution in [1.29, 1.82) is 0 Å². The predicted molar refractivity (Wildman–Crippen MR) is 72.5 cm³/mol. The summed E-state index contributed by atoms with van der Waals surface area (Å²) in [7, 11) is 0. The fourth-order valence-corrected chi connectivity index (χ4v) is 2.87. The Hall–Kier alpha value is -0.490. The zero-order valence-corrected chi connectivity index (χ0v) is 12.4. The first-order valence-corrected chi connectivity index (χ1v) is 7.26. The van der Waals surface area contributed by atoms with Crippen LogP contribution in [0.1, 0.15) is 18.4 Å². The Kier molecular flexibility index (Phi) is 4.61. The third-order valence-electron chi connectivity index (χ3n) is 3.24. The van der Waals surface area contributed by atoms with Gasteiger partial charge in [-0.1, -0.05) is 0 Å². The van der Waals surface area contributed by atoms with E-state index in [-0.39, 0.29) is 18.8 Å². The first kappa shape index (κ1) is 14.9. The third-order valence-corrected chi connectivity index (χ3v) is 3.96. The summed E-state index contributed by atoms with van der Waals surface area (Å²) in [6, 6.07) is 1.80. The molecule has 0 radical (unpaired) electrons. The van der Waals surface area contributed by atoms with Crippen molar-refractivity contribution in [1.82, 2.24) is 4.98 Å². The molecule has 7 heteroatoms. The minimum Gasteiger partial charge on any atom is -0.356 e. The monoisotopic (exact) mass is 356 g/mol. The second-order valence-electron chi connectivity index (χ2n) is 4.60. The van der Waals surface area contributed by atoms with Crippen LogP contribution in [0.25, 0.3) is 0 Å². The summed E-state index contributed by atoms with van der Waals surface area (Å²) >= 11 is 9.12. The molecule has 0 aliphatic carbocycles. The molecule has 2 heterocycles. The first-order chi connectivity index (χ1) is 8.91. The zero-order chi connectivity index (χ0) is 14.0. The van der Waals surface area contributed by atoms with Crippen LogP contribution >= 0.6 is 27.5 Å². The van der Waals surface area contributed by atoms with Crippen LogP contribution in [0.4, 0.5) is 19.0 Å². The fourth-order valence-electron chi connectivity index (χ4n) is 2.29. The van der Waals surface area contributed by atoms with Gasteiger partial charge in [-0.2, -0.15) is 13.2 Å². The summed E-state index contributed by atoms with van der Waals surface area (Å²) in [6.45, 7) is 0.549. The maximum atomic E-state index is 12.8. The quantitative estimate of drug-likeness (QED) is 0.731. The number of anilines is 1. The van der Waals surface area contributed by atoms with E-state index in [4.69, 9.17) is 11.6 Å². The Morgan fingerprint density at radius 3 is 2.84 bits per heavy atom. The second-order valence-corrected chi connectivity index (χ2v) is 5.78. The Labute approximate surface area is 123 Å².